The SMILES string of the molecule is CN1c2c(ncn(CC(=O)O)c2=O)CCC1c1ccc(F)cc1. The maximum absolute atomic E-state index is 13.1. The first-order valence-corrected chi connectivity index (χ1v) is 7.26. The van der Waals surface area contributed by atoms with Gasteiger partial charge in [-0.3, -0.25) is 14.2 Å². The highest BCUT2D eigenvalue weighted by Gasteiger charge is 2.29. The minimum atomic E-state index is -1.10. The van der Waals surface area contributed by atoms with Gasteiger partial charge in [0.05, 0.1) is 18.1 Å². The van der Waals surface area contributed by atoms with E-state index < -0.39 is 12.5 Å². The molecule has 1 aromatic carbocycles. The van der Waals surface area contributed by atoms with Crippen LogP contribution in [0.25, 0.3) is 0 Å². The van der Waals surface area contributed by atoms with Crippen LogP contribution in [0.15, 0.2) is 35.4 Å². The number of benzene rings is 1. The third kappa shape index (κ3) is 2.81. The van der Waals surface area contributed by atoms with Gasteiger partial charge < -0.3 is 10.0 Å². The van der Waals surface area contributed by atoms with E-state index in [9.17, 15) is 14.0 Å². The number of carboxylic acid groups (broad SMARTS) is 1. The van der Waals surface area contributed by atoms with Gasteiger partial charge >= 0.3 is 5.97 Å². The number of anilines is 1. The molecule has 0 fully saturated rings. The Kier molecular flexibility index (Phi) is 3.85. The third-order valence-electron chi connectivity index (χ3n) is 4.12. The van der Waals surface area contributed by atoms with Gasteiger partial charge in [-0.15, -0.1) is 0 Å². The van der Waals surface area contributed by atoms with E-state index in [-0.39, 0.29) is 17.4 Å². The number of aliphatic carboxylic acids is 1. The van der Waals surface area contributed by atoms with Crippen LogP contribution in [0.5, 0.6) is 0 Å². The highest BCUT2D eigenvalue weighted by molar-refractivity contribution is 5.66. The molecule has 1 aliphatic heterocycles. The maximum atomic E-state index is 13.1. The number of halogens is 1. The van der Waals surface area contributed by atoms with Crippen molar-refractivity contribution in [3.8, 4) is 0 Å². The lowest BCUT2D eigenvalue weighted by Crippen LogP contribution is -2.38. The molecule has 120 valence electrons. The van der Waals surface area contributed by atoms with Crippen LogP contribution in [0.3, 0.4) is 0 Å². The molecule has 2 heterocycles. The second-order valence-electron chi connectivity index (χ2n) is 5.58. The van der Waals surface area contributed by atoms with E-state index in [1.807, 2.05) is 0 Å². The standard InChI is InChI=1S/C16H16FN3O3/c1-19-13(10-2-4-11(17)5-3-10)7-6-12-15(19)16(23)20(9-18-12)8-14(21)22/h2-5,9,13H,6-8H2,1H3,(H,21,22). The fourth-order valence-electron chi connectivity index (χ4n) is 3.01. The van der Waals surface area contributed by atoms with Gasteiger partial charge in [0, 0.05) is 7.05 Å². The van der Waals surface area contributed by atoms with Crippen LogP contribution in [0.2, 0.25) is 0 Å². The number of aromatic nitrogens is 2. The molecule has 1 unspecified atom stereocenters. The van der Waals surface area contributed by atoms with Gasteiger partial charge in [-0.05, 0) is 30.5 Å². The number of carboxylic acids is 1. The fourth-order valence-corrected chi connectivity index (χ4v) is 3.01. The number of hydrogen-bond acceptors (Lipinski definition) is 4. The zero-order valence-corrected chi connectivity index (χ0v) is 12.6. The lowest BCUT2D eigenvalue weighted by atomic mass is 9.95. The van der Waals surface area contributed by atoms with Gasteiger partial charge in [0.25, 0.3) is 5.56 Å². The molecule has 2 aromatic rings. The number of hydrogen-bond donors (Lipinski definition) is 1. The lowest BCUT2D eigenvalue weighted by Gasteiger charge is -2.35. The summed E-state index contributed by atoms with van der Waals surface area (Å²) < 4.78 is 14.2. The smallest absolute Gasteiger partial charge is 0.323 e. The van der Waals surface area contributed by atoms with Gasteiger partial charge in [0.15, 0.2) is 0 Å². The van der Waals surface area contributed by atoms with Crippen LogP contribution < -0.4 is 10.5 Å². The summed E-state index contributed by atoms with van der Waals surface area (Å²) in [7, 11) is 1.78. The fraction of sp³-hybridized carbons (Fsp3) is 0.312. The van der Waals surface area contributed by atoms with Crippen molar-refractivity contribution in [3.63, 3.8) is 0 Å². The molecule has 0 spiro atoms. The summed E-state index contributed by atoms with van der Waals surface area (Å²) in [6.07, 6.45) is 2.65. The van der Waals surface area contributed by atoms with E-state index in [1.54, 1.807) is 24.1 Å². The first-order chi connectivity index (χ1) is 11.0. The molecule has 1 aliphatic rings. The number of nitrogens with zero attached hydrogens (tertiary/aromatic N) is 3. The first kappa shape index (κ1) is 15.2. The average molecular weight is 317 g/mol. The number of carbonyl (C=O) groups is 1. The molecule has 1 aromatic heterocycles. The van der Waals surface area contributed by atoms with Crippen molar-refractivity contribution in [2.24, 2.45) is 0 Å². The summed E-state index contributed by atoms with van der Waals surface area (Å²) in [5.74, 6) is -1.40. The van der Waals surface area contributed by atoms with E-state index >= 15 is 0 Å². The third-order valence-corrected chi connectivity index (χ3v) is 4.12. The number of rotatable bonds is 3. The minimum Gasteiger partial charge on any atom is -0.480 e. The van der Waals surface area contributed by atoms with E-state index in [0.717, 1.165) is 16.6 Å². The van der Waals surface area contributed by atoms with E-state index in [4.69, 9.17) is 5.11 Å². The second kappa shape index (κ2) is 5.83. The molecular weight excluding hydrogens is 301 g/mol. The molecule has 0 amide bonds. The summed E-state index contributed by atoms with van der Waals surface area (Å²) in [6, 6.07) is 6.12. The highest BCUT2D eigenvalue weighted by atomic mass is 19.1. The first-order valence-electron chi connectivity index (χ1n) is 7.26. The zero-order chi connectivity index (χ0) is 16.6. The van der Waals surface area contributed by atoms with Crippen molar-refractivity contribution >= 4 is 11.7 Å². The molecule has 0 saturated carbocycles. The van der Waals surface area contributed by atoms with E-state index in [2.05, 4.69) is 4.98 Å². The molecule has 0 aliphatic carbocycles. The van der Waals surface area contributed by atoms with Gasteiger partial charge in [-0.25, -0.2) is 9.37 Å². The topological polar surface area (TPSA) is 75.4 Å². The Morgan fingerprint density at radius 3 is 2.74 bits per heavy atom. The summed E-state index contributed by atoms with van der Waals surface area (Å²) in [5, 5.41) is 8.88. The molecular formula is C16H16FN3O3. The molecule has 0 saturated heterocycles. The van der Waals surface area contributed by atoms with Crippen molar-refractivity contribution in [3.05, 3.63) is 58.0 Å². The molecule has 0 radical (unpaired) electrons. The quantitative estimate of drug-likeness (QED) is 0.930. The number of aryl methyl sites for hydroxylation is 1. The Hall–Kier alpha value is -2.70. The van der Waals surface area contributed by atoms with Crippen LogP contribution in [-0.4, -0.2) is 27.7 Å². The summed E-state index contributed by atoms with van der Waals surface area (Å²) in [6.45, 7) is -0.422. The summed E-state index contributed by atoms with van der Waals surface area (Å²) >= 11 is 0. The van der Waals surface area contributed by atoms with Crippen LogP contribution in [0.4, 0.5) is 10.1 Å². The van der Waals surface area contributed by atoms with Gasteiger partial charge in [0.2, 0.25) is 0 Å². The van der Waals surface area contributed by atoms with Gasteiger partial charge in [-0.1, -0.05) is 12.1 Å². The maximum Gasteiger partial charge on any atom is 0.323 e. The molecule has 1 N–H and O–H groups in total. The molecule has 1 atom stereocenters. The highest BCUT2D eigenvalue weighted by Crippen LogP contribution is 2.34. The van der Waals surface area contributed by atoms with Crippen molar-refractivity contribution in [1.82, 2.24) is 9.55 Å². The predicted molar refractivity (Wildman–Crippen MR) is 82.0 cm³/mol. The van der Waals surface area contributed by atoms with Gasteiger partial charge in [-0.2, -0.15) is 0 Å². The molecule has 0 bridgehead atoms. The normalized spacial score (nSPS) is 17.0. The Morgan fingerprint density at radius 2 is 2.09 bits per heavy atom. The summed E-state index contributed by atoms with van der Waals surface area (Å²) in [4.78, 5) is 29.4. The Balaban J connectivity index is 2.01. The van der Waals surface area contributed by atoms with E-state index in [0.29, 0.717) is 17.8 Å². The second-order valence-corrected chi connectivity index (χ2v) is 5.58. The minimum absolute atomic E-state index is 0.0710. The van der Waals surface area contributed by atoms with Crippen molar-refractivity contribution in [1.29, 1.82) is 0 Å². The molecule has 6 nitrogen and oxygen atoms in total. The van der Waals surface area contributed by atoms with Crippen molar-refractivity contribution in [2.45, 2.75) is 25.4 Å². The summed E-state index contributed by atoms with van der Waals surface area (Å²) in [5.41, 5.74) is 1.62. The molecule has 3 rings (SSSR count). The monoisotopic (exact) mass is 317 g/mol. The lowest BCUT2D eigenvalue weighted by molar-refractivity contribution is -0.137. The van der Waals surface area contributed by atoms with Crippen LogP contribution in [-0.2, 0) is 17.8 Å². The Morgan fingerprint density at radius 1 is 1.39 bits per heavy atom. The average Bonchev–Trinajstić information content (AvgIpc) is 2.51. The molecule has 7 heteroatoms. The van der Waals surface area contributed by atoms with Crippen molar-refractivity contribution in [2.75, 3.05) is 11.9 Å². The van der Waals surface area contributed by atoms with Gasteiger partial charge in [0.1, 0.15) is 18.0 Å². The van der Waals surface area contributed by atoms with Crippen LogP contribution >= 0.6 is 0 Å². The van der Waals surface area contributed by atoms with Crippen LogP contribution in [0, 0.1) is 5.82 Å². The van der Waals surface area contributed by atoms with Crippen molar-refractivity contribution < 1.29 is 14.3 Å². The predicted octanol–water partition coefficient (Wildman–Crippen LogP) is 1.59. The zero-order valence-electron chi connectivity index (χ0n) is 12.6. The van der Waals surface area contributed by atoms with E-state index in [1.165, 1.54) is 18.5 Å². The Labute approximate surface area is 131 Å². The largest absolute Gasteiger partial charge is 0.480 e. The molecule has 23 heavy (non-hydrogen) atoms. The van der Waals surface area contributed by atoms with Crippen LogP contribution in [0.1, 0.15) is 23.7 Å². The number of fused-ring (bicyclic) bond motifs is 1. The Bertz CT molecular complexity index is 801.